The second-order valence-corrected chi connectivity index (χ2v) is 7.48. The zero-order chi connectivity index (χ0) is 20.6. The van der Waals surface area contributed by atoms with Crippen molar-refractivity contribution in [2.45, 2.75) is 45.6 Å². The molecule has 29 heavy (non-hydrogen) atoms. The maximum absolute atomic E-state index is 12.2. The Morgan fingerprint density at radius 1 is 1.00 bits per heavy atom. The molecule has 3 amide bonds. The molecule has 154 valence electrons. The van der Waals surface area contributed by atoms with E-state index < -0.39 is 0 Å². The number of nitrogens with one attached hydrogen (secondary N) is 3. The molecule has 0 heterocycles. The van der Waals surface area contributed by atoms with Gasteiger partial charge in [0, 0.05) is 17.3 Å². The lowest BCUT2D eigenvalue weighted by molar-refractivity contribution is 0.0938. The van der Waals surface area contributed by atoms with Crippen molar-refractivity contribution in [1.82, 2.24) is 10.6 Å². The number of carbonyl (C=O) groups is 2. The Balaban J connectivity index is 1.40. The van der Waals surface area contributed by atoms with Gasteiger partial charge >= 0.3 is 6.03 Å². The molecular formula is C23H29N3O3. The number of anilines is 1. The van der Waals surface area contributed by atoms with Crippen molar-refractivity contribution < 1.29 is 14.3 Å². The molecule has 0 saturated heterocycles. The molecule has 3 N–H and O–H groups in total. The standard InChI is InChI=1S/C23H29N3O3/c1-16-6-5-7-17(2)21(16)29-15-14-24-23(28)26-20-12-10-18(11-13-20)22(27)25-19-8-3-4-9-19/h5-7,10-13,19H,3-4,8-9,14-15H2,1-2H3,(H,25,27)(H2,24,26,28). The smallest absolute Gasteiger partial charge is 0.319 e. The Labute approximate surface area is 172 Å². The van der Waals surface area contributed by atoms with Crippen LogP contribution in [0.1, 0.15) is 47.2 Å². The Hall–Kier alpha value is -3.02. The predicted octanol–water partition coefficient (Wildman–Crippen LogP) is 4.18. The molecule has 1 aliphatic rings. The molecule has 6 heteroatoms. The summed E-state index contributed by atoms with van der Waals surface area (Å²) >= 11 is 0. The van der Waals surface area contributed by atoms with E-state index in [0.717, 1.165) is 29.7 Å². The summed E-state index contributed by atoms with van der Waals surface area (Å²) < 4.78 is 5.78. The van der Waals surface area contributed by atoms with E-state index in [9.17, 15) is 9.59 Å². The molecule has 0 unspecified atom stereocenters. The molecule has 0 aromatic heterocycles. The zero-order valence-electron chi connectivity index (χ0n) is 17.1. The van der Waals surface area contributed by atoms with Crippen molar-refractivity contribution in [1.29, 1.82) is 0 Å². The van der Waals surface area contributed by atoms with E-state index in [-0.39, 0.29) is 18.0 Å². The number of urea groups is 1. The summed E-state index contributed by atoms with van der Waals surface area (Å²) in [5.74, 6) is 0.803. The SMILES string of the molecule is Cc1cccc(C)c1OCCNC(=O)Nc1ccc(C(=O)NC2CCCC2)cc1. The van der Waals surface area contributed by atoms with Crippen LogP contribution in [0, 0.1) is 13.8 Å². The number of amides is 3. The van der Waals surface area contributed by atoms with Crippen LogP contribution in [0.3, 0.4) is 0 Å². The summed E-state index contributed by atoms with van der Waals surface area (Å²) in [6.45, 7) is 4.78. The lowest BCUT2D eigenvalue weighted by atomic mass is 10.1. The van der Waals surface area contributed by atoms with Crippen LogP contribution in [0.25, 0.3) is 0 Å². The van der Waals surface area contributed by atoms with E-state index in [2.05, 4.69) is 16.0 Å². The van der Waals surface area contributed by atoms with Gasteiger partial charge in [0.25, 0.3) is 5.91 Å². The third-order valence-corrected chi connectivity index (χ3v) is 5.14. The number of hydrogen-bond acceptors (Lipinski definition) is 3. The van der Waals surface area contributed by atoms with Crippen molar-refractivity contribution in [2.75, 3.05) is 18.5 Å². The van der Waals surface area contributed by atoms with Gasteiger partial charge in [-0.2, -0.15) is 0 Å². The molecule has 0 spiro atoms. The fourth-order valence-electron chi connectivity index (χ4n) is 3.56. The fraction of sp³-hybridized carbons (Fsp3) is 0.391. The minimum atomic E-state index is -0.307. The number of rotatable bonds is 7. The molecule has 0 bridgehead atoms. The Morgan fingerprint density at radius 3 is 2.31 bits per heavy atom. The highest BCUT2D eigenvalue weighted by Gasteiger charge is 2.17. The van der Waals surface area contributed by atoms with Crippen molar-refractivity contribution in [2.24, 2.45) is 0 Å². The van der Waals surface area contributed by atoms with Crippen LogP contribution in [0.2, 0.25) is 0 Å². The summed E-state index contributed by atoms with van der Waals surface area (Å²) in [4.78, 5) is 24.3. The molecule has 1 saturated carbocycles. The Bertz CT molecular complexity index is 823. The highest BCUT2D eigenvalue weighted by molar-refractivity contribution is 5.95. The van der Waals surface area contributed by atoms with Crippen LogP contribution >= 0.6 is 0 Å². The lowest BCUT2D eigenvalue weighted by Crippen LogP contribution is -2.33. The van der Waals surface area contributed by atoms with E-state index in [1.807, 2.05) is 32.0 Å². The number of aryl methyl sites for hydroxylation is 2. The van der Waals surface area contributed by atoms with E-state index in [4.69, 9.17) is 4.74 Å². The Kier molecular flexibility index (Phi) is 7.11. The number of para-hydroxylation sites is 1. The fourth-order valence-corrected chi connectivity index (χ4v) is 3.56. The molecule has 0 atom stereocenters. The second kappa shape index (κ2) is 9.96. The van der Waals surface area contributed by atoms with Gasteiger partial charge in [-0.05, 0) is 62.1 Å². The van der Waals surface area contributed by atoms with E-state index >= 15 is 0 Å². The molecular weight excluding hydrogens is 366 g/mol. The first-order chi connectivity index (χ1) is 14.0. The molecule has 2 aromatic carbocycles. The maximum atomic E-state index is 12.2. The van der Waals surface area contributed by atoms with Gasteiger partial charge in [-0.3, -0.25) is 4.79 Å². The third kappa shape index (κ3) is 5.98. The second-order valence-electron chi connectivity index (χ2n) is 7.48. The van der Waals surface area contributed by atoms with Gasteiger partial charge in [0.15, 0.2) is 0 Å². The van der Waals surface area contributed by atoms with Gasteiger partial charge in [0.1, 0.15) is 12.4 Å². The van der Waals surface area contributed by atoms with E-state index in [1.165, 1.54) is 12.8 Å². The summed E-state index contributed by atoms with van der Waals surface area (Å²) in [5, 5.41) is 8.60. The Morgan fingerprint density at radius 2 is 1.66 bits per heavy atom. The van der Waals surface area contributed by atoms with Crippen LogP contribution in [-0.2, 0) is 0 Å². The van der Waals surface area contributed by atoms with Gasteiger partial charge in [0.2, 0.25) is 0 Å². The summed E-state index contributed by atoms with van der Waals surface area (Å²) in [6, 6.07) is 12.9. The zero-order valence-corrected chi connectivity index (χ0v) is 17.1. The number of hydrogen-bond donors (Lipinski definition) is 3. The van der Waals surface area contributed by atoms with Crippen molar-refractivity contribution in [3.05, 3.63) is 59.2 Å². The largest absolute Gasteiger partial charge is 0.491 e. The van der Waals surface area contributed by atoms with Crippen LogP contribution in [0.15, 0.2) is 42.5 Å². The minimum absolute atomic E-state index is 0.0588. The topological polar surface area (TPSA) is 79.5 Å². The lowest BCUT2D eigenvalue weighted by Gasteiger charge is -2.13. The summed E-state index contributed by atoms with van der Waals surface area (Å²) in [5.41, 5.74) is 3.39. The average molecular weight is 396 g/mol. The summed E-state index contributed by atoms with van der Waals surface area (Å²) in [6.07, 6.45) is 4.47. The van der Waals surface area contributed by atoms with E-state index in [1.54, 1.807) is 24.3 Å². The van der Waals surface area contributed by atoms with Crippen molar-refractivity contribution >= 4 is 17.6 Å². The van der Waals surface area contributed by atoms with Crippen molar-refractivity contribution in [3.8, 4) is 5.75 Å². The number of carbonyl (C=O) groups excluding carboxylic acids is 2. The van der Waals surface area contributed by atoms with Crippen LogP contribution in [0.4, 0.5) is 10.5 Å². The van der Waals surface area contributed by atoms with Crippen LogP contribution < -0.4 is 20.7 Å². The molecule has 1 aliphatic carbocycles. The van der Waals surface area contributed by atoms with E-state index in [0.29, 0.717) is 24.4 Å². The normalized spacial score (nSPS) is 13.7. The summed E-state index contributed by atoms with van der Waals surface area (Å²) in [7, 11) is 0. The predicted molar refractivity (Wildman–Crippen MR) is 115 cm³/mol. The van der Waals surface area contributed by atoms with Crippen molar-refractivity contribution in [3.63, 3.8) is 0 Å². The average Bonchev–Trinajstić information content (AvgIpc) is 3.20. The quantitative estimate of drug-likeness (QED) is 0.616. The molecule has 1 fully saturated rings. The highest BCUT2D eigenvalue weighted by Crippen LogP contribution is 2.22. The first-order valence-corrected chi connectivity index (χ1v) is 10.2. The first-order valence-electron chi connectivity index (χ1n) is 10.2. The molecule has 0 aliphatic heterocycles. The van der Waals surface area contributed by atoms with Gasteiger partial charge in [-0.15, -0.1) is 0 Å². The number of ether oxygens (including phenoxy) is 1. The van der Waals surface area contributed by atoms with Gasteiger partial charge < -0.3 is 20.7 Å². The first kappa shape index (κ1) is 20.7. The third-order valence-electron chi connectivity index (χ3n) is 5.14. The van der Waals surface area contributed by atoms with Gasteiger partial charge in [0.05, 0.1) is 6.54 Å². The monoisotopic (exact) mass is 395 g/mol. The highest BCUT2D eigenvalue weighted by atomic mass is 16.5. The molecule has 0 radical (unpaired) electrons. The van der Waals surface area contributed by atoms with Gasteiger partial charge in [-0.1, -0.05) is 31.0 Å². The maximum Gasteiger partial charge on any atom is 0.319 e. The number of benzene rings is 2. The molecule has 2 aromatic rings. The minimum Gasteiger partial charge on any atom is -0.491 e. The van der Waals surface area contributed by atoms with Crippen LogP contribution in [0.5, 0.6) is 5.75 Å². The molecule has 3 rings (SSSR count). The molecule has 6 nitrogen and oxygen atoms in total. The van der Waals surface area contributed by atoms with Gasteiger partial charge in [-0.25, -0.2) is 4.79 Å². The van der Waals surface area contributed by atoms with Crippen LogP contribution in [-0.4, -0.2) is 31.1 Å².